The molecule has 3 aromatic rings. The van der Waals surface area contributed by atoms with Crippen molar-refractivity contribution < 1.29 is 31.9 Å². The van der Waals surface area contributed by atoms with E-state index in [4.69, 9.17) is 4.74 Å². The highest BCUT2D eigenvalue weighted by Gasteiger charge is 2.33. The lowest BCUT2D eigenvalue weighted by Crippen LogP contribution is -2.32. The number of anilines is 3. The predicted molar refractivity (Wildman–Crippen MR) is 121 cm³/mol. The zero-order valence-electron chi connectivity index (χ0n) is 18.2. The van der Waals surface area contributed by atoms with Crippen LogP contribution in [0.15, 0.2) is 66.7 Å². The number of alkyl halides is 3. The third kappa shape index (κ3) is 6.03. The Morgan fingerprint density at radius 3 is 2.32 bits per heavy atom. The van der Waals surface area contributed by atoms with Gasteiger partial charge in [-0.2, -0.15) is 13.2 Å². The lowest BCUT2D eigenvalue weighted by Gasteiger charge is -2.19. The summed E-state index contributed by atoms with van der Waals surface area (Å²) in [5, 5.41) is 7.77. The number of carbonyl (C=O) groups excluding carboxylic acids is 2. The van der Waals surface area contributed by atoms with Crippen molar-refractivity contribution in [2.75, 3.05) is 23.1 Å². The number of amides is 2. The summed E-state index contributed by atoms with van der Waals surface area (Å²) in [6.07, 6.45) is -4.62. The van der Waals surface area contributed by atoms with Gasteiger partial charge in [-0.15, -0.1) is 0 Å². The number of halogens is 4. The Morgan fingerprint density at radius 1 is 0.912 bits per heavy atom. The summed E-state index contributed by atoms with van der Waals surface area (Å²) in [4.78, 5) is 25.0. The summed E-state index contributed by atoms with van der Waals surface area (Å²) in [5.41, 5.74) is -0.579. The zero-order valence-corrected chi connectivity index (χ0v) is 18.2. The highest BCUT2D eigenvalue weighted by molar-refractivity contribution is 6.05. The van der Waals surface area contributed by atoms with Crippen LogP contribution in [-0.4, -0.2) is 25.0 Å². The lowest BCUT2D eigenvalue weighted by molar-refractivity contribution is -0.137. The van der Waals surface area contributed by atoms with Gasteiger partial charge < -0.3 is 20.7 Å². The molecule has 3 N–H and O–H groups in total. The first-order valence-corrected chi connectivity index (χ1v) is 10.1. The molecule has 0 radical (unpaired) electrons. The molecule has 0 heterocycles. The lowest BCUT2D eigenvalue weighted by atomic mass is 10.1. The van der Waals surface area contributed by atoms with Gasteiger partial charge in [0.05, 0.1) is 24.0 Å². The van der Waals surface area contributed by atoms with E-state index in [2.05, 4.69) is 16.0 Å². The van der Waals surface area contributed by atoms with Gasteiger partial charge in [-0.05, 0) is 55.5 Å². The van der Waals surface area contributed by atoms with Crippen LogP contribution in [0.5, 0.6) is 5.75 Å². The fourth-order valence-corrected chi connectivity index (χ4v) is 3.12. The third-order valence-corrected chi connectivity index (χ3v) is 4.80. The summed E-state index contributed by atoms with van der Waals surface area (Å²) in [5.74, 6) is -1.53. The number of ether oxygens (including phenoxy) is 1. The van der Waals surface area contributed by atoms with E-state index in [1.54, 1.807) is 6.07 Å². The molecule has 6 nitrogen and oxygen atoms in total. The Bertz CT molecular complexity index is 1200. The molecule has 0 saturated heterocycles. The summed E-state index contributed by atoms with van der Waals surface area (Å²) >= 11 is 0. The molecule has 0 saturated carbocycles. The average molecular weight is 475 g/mol. The van der Waals surface area contributed by atoms with Crippen LogP contribution in [0.25, 0.3) is 0 Å². The minimum atomic E-state index is -4.62. The molecule has 0 aromatic heterocycles. The summed E-state index contributed by atoms with van der Waals surface area (Å²) < 4.78 is 58.2. The van der Waals surface area contributed by atoms with Gasteiger partial charge in [0.1, 0.15) is 17.6 Å². The molecule has 10 heteroatoms. The van der Waals surface area contributed by atoms with Crippen LogP contribution in [0.2, 0.25) is 0 Å². The average Bonchev–Trinajstić information content (AvgIpc) is 2.79. The van der Waals surface area contributed by atoms with Gasteiger partial charge >= 0.3 is 6.18 Å². The van der Waals surface area contributed by atoms with E-state index in [1.807, 2.05) is 0 Å². The zero-order chi connectivity index (χ0) is 24.9. The molecule has 1 atom stereocenters. The van der Waals surface area contributed by atoms with E-state index in [1.165, 1.54) is 62.6 Å². The number of hydrogen-bond acceptors (Lipinski definition) is 4. The second-order valence-corrected chi connectivity index (χ2v) is 7.28. The molecule has 0 aliphatic carbocycles. The number of rotatable bonds is 7. The van der Waals surface area contributed by atoms with Crippen molar-refractivity contribution in [3.63, 3.8) is 0 Å². The van der Waals surface area contributed by atoms with E-state index in [-0.39, 0.29) is 16.9 Å². The summed E-state index contributed by atoms with van der Waals surface area (Å²) in [6.45, 7) is 1.47. The van der Waals surface area contributed by atoms with Gasteiger partial charge in [0.15, 0.2) is 0 Å². The number of carbonyl (C=O) groups is 2. The van der Waals surface area contributed by atoms with Crippen LogP contribution in [-0.2, 0) is 11.0 Å². The maximum absolute atomic E-state index is 13.4. The molecule has 3 rings (SSSR count). The quantitative estimate of drug-likeness (QED) is 0.392. The van der Waals surface area contributed by atoms with E-state index in [0.717, 1.165) is 12.1 Å². The van der Waals surface area contributed by atoms with Crippen LogP contribution < -0.4 is 20.7 Å². The van der Waals surface area contributed by atoms with Crippen LogP contribution in [0.1, 0.15) is 22.8 Å². The molecule has 0 aliphatic rings. The Morgan fingerprint density at radius 2 is 1.65 bits per heavy atom. The fourth-order valence-electron chi connectivity index (χ4n) is 3.12. The number of hydrogen-bond donors (Lipinski definition) is 3. The molecule has 1 unspecified atom stereocenters. The van der Waals surface area contributed by atoms with Crippen LogP contribution in [0, 0.1) is 5.82 Å². The highest BCUT2D eigenvalue weighted by atomic mass is 19.4. The van der Waals surface area contributed by atoms with Crippen LogP contribution in [0.3, 0.4) is 0 Å². The van der Waals surface area contributed by atoms with Gasteiger partial charge in [0, 0.05) is 11.3 Å². The topological polar surface area (TPSA) is 79.5 Å². The minimum Gasteiger partial charge on any atom is -0.495 e. The second kappa shape index (κ2) is 10.2. The molecule has 34 heavy (non-hydrogen) atoms. The van der Waals surface area contributed by atoms with Crippen molar-refractivity contribution in [3.8, 4) is 5.75 Å². The van der Waals surface area contributed by atoms with Gasteiger partial charge in [-0.3, -0.25) is 9.59 Å². The van der Waals surface area contributed by atoms with Crippen LogP contribution in [0.4, 0.5) is 34.6 Å². The van der Waals surface area contributed by atoms with Gasteiger partial charge in [0.25, 0.3) is 5.91 Å². The Balaban J connectivity index is 1.74. The minimum absolute atomic E-state index is 0.0940. The molecule has 3 aromatic carbocycles. The SMILES string of the molecule is COc1ccc(NC(C)C(=O)Nc2ccccc2C(F)(F)F)cc1NC(=O)c1cccc(F)c1. The van der Waals surface area contributed by atoms with Gasteiger partial charge in [-0.25, -0.2) is 4.39 Å². The van der Waals surface area contributed by atoms with Gasteiger partial charge in [-0.1, -0.05) is 18.2 Å². The number of para-hydroxylation sites is 1. The van der Waals surface area contributed by atoms with Crippen molar-refractivity contribution >= 4 is 28.9 Å². The molecule has 2 amide bonds. The van der Waals surface area contributed by atoms with Crippen molar-refractivity contribution in [1.29, 1.82) is 0 Å². The molecular weight excluding hydrogens is 454 g/mol. The number of methoxy groups -OCH3 is 1. The monoisotopic (exact) mass is 475 g/mol. The van der Waals surface area contributed by atoms with Crippen LogP contribution >= 0.6 is 0 Å². The van der Waals surface area contributed by atoms with Crippen molar-refractivity contribution in [1.82, 2.24) is 0 Å². The Labute approximate surface area is 192 Å². The molecular formula is C24H21F4N3O3. The fraction of sp³-hybridized carbons (Fsp3) is 0.167. The van der Waals surface area contributed by atoms with E-state index < -0.39 is 35.4 Å². The smallest absolute Gasteiger partial charge is 0.418 e. The molecule has 0 bridgehead atoms. The summed E-state index contributed by atoms with van der Waals surface area (Å²) in [6, 6.07) is 13.5. The number of benzene rings is 3. The van der Waals surface area contributed by atoms with Crippen molar-refractivity contribution in [2.24, 2.45) is 0 Å². The third-order valence-electron chi connectivity index (χ3n) is 4.80. The maximum Gasteiger partial charge on any atom is 0.418 e. The van der Waals surface area contributed by atoms with E-state index in [0.29, 0.717) is 11.4 Å². The summed E-state index contributed by atoms with van der Waals surface area (Å²) in [7, 11) is 1.40. The second-order valence-electron chi connectivity index (χ2n) is 7.28. The maximum atomic E-state index is 13.4. The van der Waals surface area contributed by atoms with E-state index >= 15 is 0 Å². The predicted octanol–water partition coefficient (Wildman–Crippen LogP) is 5.54. The number of nitrogens with one attached hydrogen (secondary N) is 3. The Hall–Kier alpha value is -4.08. The normalized spacial score (nSPS) is 11.9. The standard InChI is InChI=1S/C24H21F4N3O3/c1-14(22(32)30-19-9-4-3-8-18(19)24(26,27)28)29-17-10-11-21(34-2)20(13-17)31-23(33)15-6-5-7-16(25)12-15/h3-14,29H,1-2H3,(H,30,32)(H,31,33). The molecule has 0 fully saturated rings. The van der Waals surface area contributed by atoms with Gasteiger partial charge in [0.2, 0.25) is 5.91 Å². The molecule has 0 aliphatic heterocycles. The highest BCUT2D eigenvalue weighted by Crippen LogP contribution is 2.34. The van der Waals surface area contributed by atoms with E-state index in [9.17, 15) is 27.2 Å². The Kier molecular flexibility index (Phi) is 7.40. The van der Waals surface area contributed by atoms with Crippen molar-refractivity contribution in [2.45, 2.75) is 19.1 Å². The first-order valence-electron chi connectivity index (χ1n) is 10.1. The largest absolute Gasteiger partial charge is 0.495 e. The first kappa shape index (κ1) is 24.6. The molecule has 178 valence electrons. The molecule has 0 spiro atoms. The first-order chi connectivity index (χ1) is 16.1. The van der Waals surface area contributed by atoms with Crippen molar-refractivity contribution in [3.05, 3.63) is 83.7 Å².